The molecule has 3 heterocycles. The number of aryl methyl sites for hydroxylation is 1. The molecular weight excluding hydrogens is 328 g/mol. The van der Waals surface area contributed by atoms with Crippen molar-refractivity contribution in [1.82, 2.24) is 14.7 Å². The molecule has 0 aliphatic carbocycles. The maximum atomic E-state index is 9.80. The lowest BCUT2D eigenvalue weighted by molar-refractivity contribution is 0.122. The minimum absolute atomic E-state index is 0.228. The Hall–Kier alpha value is -1.89. The summed E-state index contributed by atoms with van der Waals surface area (Å²) in [5.41, 5.74) is 3.84. The summed E-state index contributed by atoms with van der Waals surface area (Å²) in [7, 11) is 1.94. The summed E-state index contributed by atoms with van der Waals surface area (Å²) in [6.07, 6.45) is 4.02. The predicted octanol–water partition coefficient (Wildman–Crippen LogP) is 1.46. The zero-order valence-corrected chi connectivity index (χ0v) is 15.4. The van der Waals surface area contributed by atoms with E-state index in [0.717, 1.165) is 45.9 Å². The number of aliphatic hydroxyl groups excluding tert-OH is 1. The molecule has 0 unspecified atom stereocenters. The Kier molecular flexibility index (Phi) is 5.24. The van der Waals surface area contributed by atoms with E-state index in [4.69, 9.17) is 4.74 Å². The van der Waals surface area contributed by atoms with Crippen LogP contribution in [0.2, 0.25) is 0 Å². The molecule has 0 bridgehead atoms. The third-order valence-corrected chi connectivity index (χ3v) is 5.62. The van der Waals surface area contributed by atoms with Crippen LogP contribution in [-0.4, -0.2) is 65.8 Å². The van der Waals surface area contributed by atoms with Gasteiger partial charge >= 0.3 is 0 Å². The number of aliphatic hydroxyl groups is 1. The molecule has 6 nitrogen and oxygen atoms in total. The van der Waals surface area contributed by atoms with Crippen LogP contribution in [0, 0.1) is 5.92 Å². The van der Waals surface area contributed by atoms with Crippen LogP contribution >= 0.6 is 0 Å². The number of anilines is 1. The van der Waals surface area contributed by atoms with E-state index < -0.39 is 0 Å². The largest absolute Gasteiger partial charge is 0.396 e. The maximum absolute atomic E-state index is 9.80. The summed E-state index contributed by atoms with van der Waals surface area (Å²) in [6, 6.07) is 8.91. The summed E-state index contributed by atoms with van der Waals surface area (Å²) in [5, 5.41) is 14.1. The topological polar surface area (TPSA) is 53.8 Å². The minimum atomic E-state index is 0.228. The van der Waals surface area contributed by atoms with Gasteiger partial charge in [0.25, 0.3) is 0 Å². The normalized spacial score (nSPS) is 24.3. The molecule has 2 fully saturated rings. The van der Waals surface area contributed by atoms with Gasteiger partial charge in [-0.15, -0.1) is 0 Å². The van der Waals surface area contributed by atoms with Crippen LogP contribution in [0.1, 0.15) is 17.0 Å². The number of aromatic nitrogens is 2. The summed E-state index contributed by atoms with van der Waals surface area (Å²) < 4.78 is 7.27. The Balaban J connectivity index is 1.39. The van der Waals surface area contributed by atoms with E-state index in [1.807, 2.05) is 17.9 Å². The van der Waals surface area contributed by atoms with Gasteiger partial charge in [0.05, 0.1) is 19.4 Å². The number of ether oxygens (including phenoxy) is 1. The molecule has 4 rings (SSSR count). The Morgan fingerprint density at radius 2 is 1.92 bits per heavy atom. The Morgan fingerprint density at radius 1 is 1.15 bits per heavy atom. The van der Waals surface area contributed by atoms with Crippen molar-refractivity contribution in [3.05, 3.63) is 47.8 Å². The highest BCUT2D eigenvalue weighted by Crippen LogP contribution is 2.33. The van der Waals surface area contributed by atoms with Crippen molar-refractivity contribution in [3.63, 3.8) is 0 Å². The Bertz CT molecular complexity index is 709. The fourth-order valence-electron chi connectivity index (χ4n) is 4.18. The van der Waals surface area contributed by atoms with Crippen molar-refractivity contribution in [2.75, 3.05) is 50.9 Å². The van der Waals surface area contributed by atoms with Crippen LogP contribution in [0.4, 0.5) is 5.69 Å². The van der Waals surface area contributed by atoms with Crippen molar-refractivity contribution in [2.24, 2.45) is 13.0 Å². The SMILES string of the molecule is Cn1cc([C@@H]2CN(Cc3ccc(N4CCOCC4)cc3)C[C@H]2CO)cn1. The van der Waals surface area contributed by atoms with Gasteiger partial charge in [-0.1, -0.05) is 12.1 Å². The number of nitrogens with zero attached hydrogens (tertiary/aromatic N) is 4. The molecule has 2 atom stereocenters. The van der Waals surface area contributed by atoms with Crippen LogP contribution in [0.15, 0.2) is 36.7 Å². The number of morpholine rings is 1. The number of benzene rings is 1. The first-order valence-corrected chi connectivity index (χ1v) is 9.46. The molecule has 0 saturated carbocycles. The molecule has 1 aromatic carbocycles. The lowest BCUT2D eigenvalue weighted by Crippen LogP contribution is -2.36. The highest BCUT2D eigenvalue weighted by molar-refractivity contribution is 5.47. The summed E-state index contributed by atoms with van der Waals surface area (Å²) in [4.78, 5) is 4.83. The van der Waals surface area contributed by atoms with Gasteiger partial charge in [0.15, 0.2) is 0 Å². The standard InChI is InChI=1S/C20H28N4O2/c1-22-12-17(10-21-22)20-14-23(13-18(20)15-25)11-16-2-4-19(5-3-16)24-6-8-26-9-7-24/h2-5,10,12,18,20,25H,6-9,11,13-15H2,1H3/t18-,20-/m0/s1. The number of likely N-dealkylation sites (tertiary alicyclic amines) is 1. The predicted molar refractivity (Wildman–Crippen MR) is 101 cm³/mol. The van der Waals surface area contributed by atoms with Gasteiger partial charge < -0.3 is 14.7 Å². The first-order valence-electron chi connectivity index (χ1n) is 9.46. The first kappa shape index (κ1) is 17.5. The van der Waals surface area contributed by atoms with E-state index >= 15 is 0 Å². The fourth-order valence-corrected chi connectivity index (χ4v) is 4.18. The third-order valence-electron chi connectivity index (χ3n) is 5.62. The number of rotatable bonds is 5. The molecule has 2 aliphatic heterocycles. The molecule has 0 spiro atoms. The smallest absolute Gasteiger partial charge is 0.0642 e. The number of hydrogen-bond donors (Lipinski definition) is 1. The second-order valence-corrected chi connectivity index (χ2v) is 7.46. The van der Waals surface area contributed by atoms with E-state index in [1.165, 1.54) is 16.8 Å². The second-order valence-electron chi connectivity index (χ2n) is 7.46. The summed E-state index contributed by atoms with van der Waals surface area (Å²) in [6.45, 7) is 6.63. The molecule has 2 saturated heterocycles. The van der Waals surface area contributed by atoms with Gasteiger partial charge in [-0.2, -0.15) is 5.10 Å². The van der Waals surface area contributed by atoms with E-state index in [-0.39, 0.29) is 12.5 Å². The molecule has 140 valence electrons. The third kappa shape index (κ3) is 3.77. The monoisotopic (exact) mass is 356 g/mol. The Morgan fingerprint density at radius 3 is 2.58 bits per heavy atom. The van der Waals surface area contributed by atoms with Crippen LogP contribution in [0.3, 0.4) is 0 Å². The molecule has 0 amide bonds. The molecule has 2 aromatic rings. The molecule has 1 aromatic heterocycles. The van der Waals surface area contributed by atoms with E-state index in [2.05, 4.69) is 45.4 Å². The van der Waals surface area contributed by atoms with Crippen LogP contribution in [0.25, 0.3) is 0 Å². The van der Waals surface area contributed by atoms with E-state index in [1.54, 1.807) is 0 Å². The van der Waals surface area contributed by atoms with Gasteiger partial charge in [-0.3, -0.25) is 9.58 Å². The molecule has 26 heavy (non-hydrogen) atoms. The first-order chi connectivity index (χ1) is 12.7. The summed E-state index contributed by atoms with van der Waals surface area (Å²) in [5.74, 6) is 0.646. The highest BCUT2D eigenvalue weighted by Gasteiger charge is 2.33. The minimum Gasteiger partial charge on any atom is -0.396 e. The average Bonchev–Trinajstić information content (AvgIpc) is 3.29. The molecule has 1 N–H and O–H groups in total. The highest BCUT2D eigenvalue weighted by atomic mass is 16.5. The van der Waals surface area contributed by atoms with Gasteiger partial charge in [-0.25, -0.2) is 0 Å². The van der Waals surface area contributed by atoms with Crippen molar-refractivity contribution < 1.29 is 9.84 Å². The molecular formula is C20H28N4O2. The van der Waals surface area contributed by atoms with Gasteiger partial charge in [0.2, 0.25) is 0 Å². The average molecular weight is 356 g/mol. The van der Waals surface area contributed by atoms with Crippen LogP contribution in [0.5, 0.6) is 0 Å². The molecule has 0 radical (unpaired) electrons. The van der Waals surface area contributed by atoms with Crippen molar-refractivity contribution >= 4 is 5.69 Å². The van der Waals surface area contributed by atoms with Gasteiger partial charge in [0, 0.05) is 70.1 Å². The molecule has 2 aliphatic rings. The van der Waals surface area contributed by atoms with Crippen LogP contribution < -0.4 is 4.90 Å². The zero-order valence-electron chi connectivity index (χ0n) is 15.4. The fraction of sp³-hybridized carbons (Fsp3) is 0.550. The number of hydrogen-bond acceptors (Lipinski definition) is 5. The van der Waals surface area contributed by atoms with Crippen LogP contribution in [-0.2, 0) is 18.3 Å². The van der Waals surface area contributed by atoms with Gasteiger partial charge in [-0.05, 0) is 23.3 Å². The quantitative estimate of drug-likeness (QED) is 0.879. The molecule has 6 heteroatoms. The zero-order chi connectivity index (χ0) is 17.9. The maximum Gasteiger partial charge on any atom is 0.0642 e. The van der Waals surface area contributed by atoms with E-state index in [0.29, 0.717) is 5.92 Å². The van der Waals surface area contributed by atoms with Crippen molar-refractivity contribution in [3.8, 4) is 0 Å². The summed E-state index contributed by atoms with van der Waals surface area (Å²) >= 11 is 0. The lowest BCUT2D eigenvalue weighted by Gasteiger charge is -2.29. The lowest BCUT2D eigenvalue weighted by atomic mass is 9.92. The van der Waals surface area contributed by atoms with Gasteiger partial charge in [0.1, 0.15) is 0 Å². The van der Waals surface area contributed by atoms with Crippen molar-refractivity contribution in [1.29, 1.82) is 0 Å². The Labute approximate surface area is 155 Å². The second kappa shape index (κ2) is 7.78. The van der Waals surface area contributed by atoms with Crippen molar-refractivity contribution in [2.45, 2.75) is 12.5 Å². The van der Waals surface area contributed by atoms with E-state index in [9.17, 15) is 5.11 Å².